The van der Waals surface area contributed by atoms with Crippen LogP contribution in [-0.4, -0.2) is 12.6 Å². The molecule has 0 aliphatic carbocycles. The fourth-order valence-electron chi connectivity index (χ4n) is 1.19. The lowest BCUT2D eigenvalue weighted by Gasteiger charge is -2.11. The van der Waals surface area contributed by atoms with E-state index in [1.54, 1.807) is 0 Å². The first-order valence-corrected chi connectivity index (χ1v) is 5.41. The normalized spacial score (nSPS) is 12.9. The Balaban J connectivity index is 3.52. The molecule has 0 radical (unpaired) electrons. The molecule has 0 aliphatic heterocycles. The molecule has 14 heavy (non-hydrogen) atoms. The predicted octanol–water partition coefficient (Wildman–Crippen LogP) is 2.94. The summed E-state index contributed by atoms with van der Waals surface area (Å²) >= 11 is 0. The Bertz CT molecular complexity index is 155. The van der Waals surface area contributed by atoms with Gasteiger partial charge in [-0.25, -0.2) is 4.79 Å². The molecule has 0 aliphatic rings. The quantitative estimate of drug-likeness (QED) is 0.362. The van der Waals surface area contributed by atoms with E-state index in [1.807, 2.05) is 6.92 Å². The van der Waals surface area contributed by atoms with Crippen LogP contribution in [0.25, 0.3) is 0 Å². The van der Waals surface area contributed by atoms with Crippen LogP contribution in [0.5, 0.6) is 0 Å². The average Bonchev–Trinajstić information content (AvgIpc) is 2.11. The third-order valence-electron chi connectivity index (χ3n) is 1.95. The Labute approximate surface area is 86.7 Å². The number of hydrogen-bond acceptors (Lipinski definition) is 3. The molecule has 0 heterocycles. The molecule has 0 aromatic carbocycles. The number of carbonyl (C=O) groups is 1. The van der Waals surface area contributed by atoms with E-state index in [-0.39, 0.29) is 11.9 Å². The molecule has 0 rings (SSSR count). The summed E-state index contributed by atoms with van der Waals surface area (Å²) in [7, 11) is 0. The molecule has 0 spiro atoms. The van der Waals surface area contributed by atoms with Crippen molar-refractivity contribution >= 4 is 5.97 Å². The highest BCUT2D eigenvalue weighted by Crippen LogP contribution is 2.12. The van der Waals surface area contributed by atoms with Crippen LogP contribution < -0.4 is 0 Å². The molecule has 0 amide bonds. The van der Waals surface area contributed by atoms with Gasteiger partial charge in [-0.3, -0.25) is 4.89 Å². The van der Waals surface area contributed by atoms with Gasteiger partial charge in [0, 0.05) is 0 Å². The van der Waals surface area contributed by atoms with E-state index < -0.39 is 0 Å². The molecule has 0 saturated carbocycles. The van der Waals surface area contributed by atoms with Gasteiger partial charge < -0.3 is 0 Å². The smallest absolute Gasteiger partial charge is 0.298 e. The maximum atomic E-state index is 11.3. The number of unbranched alkanes of at least 4 members (excludes halogenated alkanes) is 1. The summed E-state index contributed by atoms with van der Waals surface area (Å²) in [6.45, 7) is 8.60. The molecule has 0 saturated heterocycles. The third-order valence-corrected chi connectivity index (χ3v) is 1.95. The van der Waals surface area contributed by atoms with Crippen LogP contribution >= 0.6 is 0 Å². The monoisotopic (exact) mass is 202 g/mol. The van der Waals surface area contributed by atoms with Gasteiger partial charge in [0.05, 0.1) is 12.5 Å². The van der Waals surface area contributed by atoms with E-state index in [4.69, 9.17) is 4.89 Å². The summed E-state index contributed by atoms with van der Waals surface area (Å²) in [5.41, 5.74) is 0. The van der Waals surface area contributed by atoms with Crippen LogP contribution in [0, 0.1) is 11.8 Å². The van der Waals surface area contributed by atoms with Gasteiger partial charge in [-0.1, -0.05) is 34.1 Å². The number of rotatable bonds is 7. The zero-order valence-electron chi connectivity index (χ0n) is 9.71. The Hall–Kier alpha value is -0.570. The summed E-state index contributed by atoms with van der Waals surface area (Å²) in [6.07, 6.45) is 2.81. The van der Waals surface area contributed by atoms with Crippen LogP contribution in [0.4, 0.5) is 0 Å². The first kappa shape index (κ1) is 13.4. The van der Waals surface area contributed by atoms with Crippen molar-refractivity contribution < 1.29 is 14.6 Å². The summed E-state index contributed by atoms with van der Waals surface area (Å²) in [5, 5.41) is 0. The molecular weight excluding hydrogens is 180 g/mol. The van der Waals surface area contributed by atoms with Crippen LogP contribution in [0.15, 0.2) is 0 Å². The Morgan fingerprint density at radius 3 is 2.43 bits per heavy atom. The Kier molecular flexibility index (Phi) is 7.48. The fraction of sp³-hybridized carbons (Fsp3) is 0.909. The van der Waals surface area contributed by atoms with E-state index in [1.165, 1.54) is 0 Å². The van der Waals surface area contributed by atoms with Crippen molar-refractivity contribution in [3.63, 3.8) is 0 Å². The van der Waals surface area contributed by atoms with Crippen molar-refractivity contribution in [2.24, 2.45) is 11.8 Å². The molecule has 84 valence electrons. The molecule has 3 heteroatoms. The number of hydrogen-bond donors (Lipinski definition) is 0. The summed E-state index contributed by atoms with van der Waals surface area (Å²) in [6, 6.07) is 0. The van der Waals surface area contributed by atoms with Crippen LogP contribution in [0.3, 0.4) is 0 Å². The molecule has 1 unspecified atom stereocenters. The van der Waals surface area contributed by atoms with Crippen molar-refractivity contribution in [3.05, 3.63) is 0 Å². The van der Waals surface area contributed by atoms with E-state index in [9.17, 15) is 4.79 Å². The van der Waals surface area contributed by atoms with Gasteiger partial charge in [-0.2, -0.15) is 4.89 Å². The number of carbonyl (C=O) groups excluding carboxylic acids is 1. The average molecular weight is 202 g/mol. The molecule has 1 atom stereocenters. The van der Waals surface area contributed by atoms with E-state index in [0.29, 0.717) is 12.5 Å². The van der Waals surface area contributed by atoms with Gasteiger partial charge in [0.1, 0.15) is 0 Å². The maximum absolute atomic E-state index is 11.3. The topological polar surface area (TPSA) is 35.5 Å². The molecule has 0 bridgehead atoms. The van der Waals surface area contributed by atoms with Crippen LogP contribution in [-0.2, 0) is 14.6 Å². The van der Waals surface area contributed by atoms with Gasteiger partial charge in [0.15, 0.2) is 0 Å². The Morgan fingerprint density at radius 2 is 1.93 bits per heavy atom. The molecule has 3 nitrogen and oxygen atoms in total. The minimum Gasteiger partial charge on any atom is -0.298 e. The second-order valence-electron chi connectivity index (χ2n) is 4.11. The van der Waals surface area contributed by atoms with Gasteiger partial charge >= 0.3 is 5.97 Å². The highest BCUT2D eigenvalue weighted by molar-refractivity contribution is 5.71. The summed E-state index contributed by atoms with van der Waals surface area (Å²) in [4.78, 5) is 20.8. The molecule has 0 aromatic heterocycles. The molecule has 0 N–H and O–H groups in total. The van der Waals surface area contributed by atoms with Gasteiger partial charge in [0.2, 0.25) is 0 Å². The fourth-order valence-corrected chi connectivity index (χ4v) is 1.19. The Morgan fingerprint density at radius 1 is 1.29 bits per heavy atom. The predicted molar refractivity (Wildman–Crippen MR) is 55.6 cm³/mol. The van der Waals surface area contributed by atoms with E-state index >= 15 is 0 Å². The highest BCUT2D eigenvalue weighted by Gasteiger charge is 2.16. The maximum Gasteiger partial charge on any atom is 0.345 e. The zero-order chi connectivity index (χ0) is 11.0. The highest BCUT2D eigenvalue weighted by atomic mass is 17.2. The lowest BCUT2D eigenvalue weighted by molar-refractivity contribution is -0.276. The first-order valence-electron chi connectivity index (χ1n) is 5.41. The minimum absolute atomic E-state index is 0.0726. The molecular formula is C11H22O3. The van der Waals surface area contributed by atoms with Crippen LogP contribution in [0.2, 0.25) is 0 Å². The van der Waals surface area contributed by atoms with Gasteiger partial charge in [-0.15, -0.1) is 0 Å². The van der Waals surface area contributed by atoms with Crippen molar-refractivity contribution in [1.82, 2.24) is 0 Å². The summed E-state index contributed by atoms with van der Waals surface area (Å²) < 4.78 is 0. The van der Waals surface area contributed by atoms with Gasteiger partial charge in [-0.05, 0) is 18.8 Å². The summed E-state index contributed by atoms with van der Waals surface area (Å²) in [5.74, 6) is 0.180. The van der Waals surface area contributed by atoms with Crippen molar-refractivity contribution in [2.45, 2.75) is 47.0 Å². The van der Waals surface area contributed by atoms with E-state index in [2.05, 4.69) is 25.7 Å². The first-order chi connectivity index (χ1) is 6.57. The van der Waals surface area contributed by atoms with Crippen molar-refractivity contribution in [2.75, 3.05) is 6.61 Å². The zero-order valence-corrected chi connectivity index (χ0v) is 9.71. The second kappa shape index (κ2) is 7.80. The standard InChI is InChI=1S/C11H22O3/c1-5-6-7-13-14-11(12)10(4)8-9(2)3/h9-10H,5-8H2,1-4H3. The third kappa shape index (κ3) is 6.89. The van der Waals surface area contributed by atoms with E-state index in [0.717, 1.165) is 19.3 Å². The lowest BCUT2D eigenvalue weighted by Crippen LogP contribution is -2.17. The minimum atomic E-state index is -0.255. The van der Waals surface area contributed by atoms with Crippen molar-refractivity contribution in [1.29, 1.82) is 0 Å². The van der Waals surface area contributed by atoms with Gasteiger partial charge in [0.25, 0.3) is 0 Å². The second-order valence-corrected chi connectivity index (χ2v) is 4.11. The molecule has 0 aromatic rings. The molecule has 0 fully saturated rings. The van der Waals surface area contributed by atoms with Crippen molar-refractivity contribution in [3.8, 4) is 0 Å². The largest absolute Gasteiger partial charge is 0.345 e. The SMILES string of the molecule is CCCCOOC(=O)C(C)CC(C)C. The lowest BCUT2D eigenvalue weighted by atomic mass is 9.99. The van der Waals surface area contributed by atoms with Crippen LogP contribution in [0.1, 0.15) is 47.0 Å².